The summed E-state index contributed by atoms with van der Waals surface area (Å²) in [6.07, 6.45) is 15.0. The van der Waals surface area contributed by atoms with E-state index in [4.69, 9.17) is 0 Å². The summed E-state index contributed by atoms with van der Waals surface area (Å²) in [5.41, 5.74) is 0.817. The highest BCUT2D eigenvalue weighted by molar-refractivity contribution is 5.85. The van der Waals surface area contributed by atoms with Crippen LogP contribution in [-0.4, -0.2) is 59.4 Å². The average Bonchev–Trinajstić information content (AvgIpc) is 3.61. The van der Waals surface area contributed by atoms with Crippen LogP contribution < -0.4 is 10.2 Å². The summed E-state index contributed by atoms with van der Waals surface area (Å²) in [5.74, 6) is 1.81. The van der Waals surface area contributed by atoms with Crippen molar-refractivity contribution in [1.82, 2.24) is 20.2 Å². The molecular weight excluding hydrogens is 402 g/mol. The summed E-state index contributed by atoms with van der Waals surface area (Å²) < 4.78 is 0. The largest absolute Gasteiger partial charge is 0.355 e. The van der Waals surface area contributed by atoms with E-state index < -0.39 is 5.41 Å². The number of likely N-dealkylation sites (tertiary alicyclic amines) is 1. The Balaban J connectivity index is 1.34. The fourth-order valence-corrected chi connectivity index (χ4v) is 5.74. The Morgan fingerprint density at radius 2 is 1.97 bits per heavy atom. The van der Waals surface area contributed by atoms with Crippen molar-refractivity contribution in [2.75, 3.05) is 37.6 Å². The summed E-state index contributed by atoms with van der Waals surface area (Å²) in [6.45, 7) is 3.53. The normalized spacial score (nSPS) is 28.0. The number of hydrogen-bond donors (Lipinski definition) is 1. The molecule has 7 nitrogen and oxygen atoms in total. The van der Waals surface area contributed by atoms with Gasteiger partial charge in [-0.2, -0.15) is 0 Å². The summed E-state index contributed by atoms with van der Waals surface area (Å²) in [6, 6.07) is 1.82. The molecule has 0 unspecified atom stereocenters. The predicted molar refractivity (Wildman–Crippen MR) is 123 cm³/mol. The molecule has 3 heterocycles. The highest BCUT2D eigenvalue weighted by atomic mass is 16.2. The SMILES string of the molecule is O=C(CC1=CCCCC1)N1CCC[C@]2(C(=O)NCC3CC3)CN(c3ncccn3)C[C@@H]2C1. The maximum Gasteiger partial charge on any atom is 0.228 e. The molecule has 0 aromatic carbocycles. The number of amides is 2. The van der Waals surface area contributed by atoms with E-state index in [1.807, 2.05) is 11.0 Å². The molecule has 2 aliphatic carbocycles. The fraction of sp³-hybridized carbons (Fsp3) is 0.680. The summed E-state index contributed by atoms with van der Waals surface area (Å²) >= 11 is 0. The van der Waals surface area contributed by atoms with Crippen LogP contribution in [0, 0.1) is 17.3 Å². The number of carbonyl (C=O) groups excluding carboxylic acids is 2. The quantitative estimate of drug-likeness (QED) is 0.693. The molecule has 172 valence electrons. The van der Waals surface area contributed by atoms with Crippen molar-refractivity contribution >= 4 is 17.8 Å². The number of carbonyl (C=O) groups is 2. The molecular formula is C25H35N5O2. The number of nitrogens with zero attached hydrogens (tertiary/aromatic N) is 4. The Kier molecular flexibility index (Phi) is 6.15. The number of aromatic nitrogens is 2. The van der Waals surface area contributed by atoms with Gasteiger partial charge in [-0.3, -0.25) is 9.59 Å². The molecule has 3 fully saturated rings. The van der Waals surface area contributed by atoms with Gasteiger partial charge in [-0.05, 0) is 63.4 Å². The van der Waals surface area contributed by atoms with E-state index in [0.717, 1.165) is 38.8 Å². The molecule has 0 radical (unpaired) electrons. The third-order valence-corrected chi connectivity index (χ3v) is 7.84. The van der Waals surface area contributed by atoms with E-state index >= 15 is 0 Å². The van der Waals surface area contributed by atoms with Crippen LogP contribution in [0.2, 0.25) is 0 Å². The molecule has 4 aliphatic rings. The molecule has 1 N–H and O–H groups in total. The lowest BCUT2D eigenvalue weighted by Gasteiger charge is -2.32. The minimum Gasteiger partial charge on any atom is -0.355 e. The van der Waals surface area contributed by atoms with Crippen LogP contribution in [0.1, 0.15) is 57.8 Å². The first-order valence-corrected chi connectivity index (χ1v) is 12.4. The zero-order valence-electron chi connectivity index (χ0n) is 19.0. The van der Waals surface area contributed by atoms with Gasteiger partial charge in [0, 0.05) is 57.5 Å². The molecule has 0 spiro atoms. The van der Waals surface area contributed by atoms with Gasteiger partial charge in [0.25, 0.3) is 0 Å². The van der Waals surface area contributed by atoms with E-state index in [1.54, 1.807) is 12.4 Å². The average molecular weight is 438 g/mol. The first-order valence-electron chi connectivity index (χ1n) is 12.4. The van der Waals surface area contributed by atoms with E-state index in [2.05, 4.69) is 26.3 Å². The minimum absolute atomic E-state index is 0.0947. The van der Waals surface area contributed by atoms with Crippen molar-refractivity contribution < 1.29 is 9.59 Å². The van der Waals surface area contributed by atoms with Gasteiger partial charge in [0.2, 0.25) is 17.8 Å². The van der Waals surface area contributed by atoms with Crippen molar-refractivity contribution in [2.24, 2.45) is 17.3 Å². The van der Waals surface area contributed by atoms with Crippen LogP contribution in [0.15, 0.2) is 30.1 Å². The van der Waals surface area contributed by atoms with E-state index in [1.165, 1.54) is 31.3 Å². The Hall–Kier alpha value is -2.44. The van der Waals surface area contributed by atoms with Gasteiger partial charge < -0.3 is 15.1 Å². The monoisotopic (exact) mass is 437 g/mol. The van der Waals surface area contributed by atoms with Crippen LogP contribution in [-0.2, 0) is 9.59 Å². The van der Waals surface area contributed by atoms with E-state index in [9.17, 15) is 9.59 Å². The molecule has 2 atom stereocenters. The molecule has 0 bridgehead atoms. The molecule has 2 amide bonds. The lowest BCUT2D eigenvalue weighted by Crippen LogP contribution is -2.48. The third-order valence-electron chi connectivity index (χ3n) is 7.84. The zero-order valence-corrected chi connectivity index (χ0v) is 19.0. The molecule has 7 heteroatoms. The van der Waals surface area contributed by atoms with Crippen LogP contribution in [0.4, 0.5) is 5.95 Å². The molecule has 2 aliphatic heterocycles. The van der Waals surface area contributed by atoms with Gasteiger partial charge in [0.05, 0.1) is 5.41 Å². The standard InChI is InChI=1S/C25H35N5O2/c31-22(14-19-6-2-1-3-7-19)29-13-4-10-25(23(32)28-15-20-8-9-20)18-30(17-21(25)16-29)24-26-11-5-12-27-24/h5-6,11-12,20-21H,1-4,7-10,13-18H2,(H,28,32)/t21-,25-/m0/s1. The van der Waals surface area contributed by atoms with E-state index in [-0.39, 0.29) is 17.7 Å². The fourth-order valence-electron chi connectivity index (χ4n) is 5.74. The Morgan fingerprint density at radius 1 is 1.12 bits per heavy atom. The Labute approximate surface area is 190 Å². The van der Waals surface area contributed by atoms with E-state index in [0.29, 0.717) is 37.9 Å². The van der Waals surface area contributed by atoms with Gasteiger partial charge in [-0.1, -0.05) is 11.6 Å². The number of rotatable bonds is 6. The van der Waals surface area contributed by atoms with Crippen molar-refractivity contribution in [1.29, 1.82) is 0 Å². The second-order valence-corrected chi connectivity index (χ2v) is 10.2. The predicted octanol–water partition coefficient (Wildman–Crippen LogP) is 2.94. The first-order chi connectivity index (χ1) is 15.6. The van der Waals surface area contributed by atoms with Crippen LogP contribution >= 0.6 is 0 Å². The minimum atomic E-state index is -0.479. The number of nitrogens with one attached hydrogen (secondary N) is 1. The van der Waals surface area contributed by atoms with Crippen LogP contribution in [0.25, 0.3) is 0 Å². The smallest absolute Gasteiger partial charge is 0.228 e. The van der Waals surface area contributed by atoms with Gasteiger partial charge in [-0.15, -0.1) is 0 Å². The molecule has 5 rings (SSSR count). The molecule has 1 aromatic rings. The highest BCUT2D eigenvalue weighted by Gasteiger charge is 2.54. The van der Waals surface area contributed by atoms with Crippen molar-refractivity contribution in [3.8, 4) is 0 Å². The third kappa shape index (κ3) is 4.52. The van der Waals surface area contributed by atoms with Crippen LogP contribution in [0.5, 0.6) is 0 Å². The first kappa shape index (κ1) is 21.4. The molecule has 2 saturated heterocycles. The number of fused-ring (bicyclic) bond motifs is 1. The van der Waals surface area contributed by atoms with Gasteiger partial charge in [0.1, 0.15) is 0 Å². The number of allylic oxidation sites excluding steroid dienone is 1. The number of anilines is 1. The molecule has 32 heavy (non-hydrogen) atoms. The second-order valence-electron chi connectivity index (χ2n) is 10.2. The maximum absolute atomic E-state index is 13.6. The van der Waals surface area contributed by atoms with Crippen molar-refractivity contribution in [3.05, 3.63) is 30.1 Å². The van der Waals surface area contributed by atoms with Crippen molar-refractivity contribution in [3.63, 3.8) is 0 Å². The zero-order chi connectivity index (χ0) is 22.0. The van der Waals surface area contributed by atoms with Crippen molar-refractivity contribution in [2.45, 2.75) is 57.8 Å². The molecule has 1 aromatic heterocycles. The summed E-state index contributed by atoms with van der Waals surface area (Å²) in [7, 11) is 0. The van der Waals surface area contributed by atoms with Gasteiger partial charge in [0.15, 0.2) is 0 Å². The Morgan fingerprint density at radius 3 is 2.72 bits per heavy atom. The van der Waals surface area contributed by atoms with Gasteiger partial charge in [-0.25, -0.2) is 9.97 Å². The van der Waals surface area contributed by atoms with Gasteiger partial charge >= 0.3 is 0 Å². The topological polar surface area (TPSA) is 78.4 Å². The van der Waals surface area contributed by atoms with Crippen LogP contribution in [0.3, 0.4) is 0 Å². The summed E-state index contributed by atoms with van der Waals surface area (Å²) in [4.78, 5) is 39.8. The Bertz CT molecular complexity index is 868. The lowest BCUT2D eigenvalue weighted by molar-refractivity contribution is -0.135. The number of hydrogen-bond acceptors (Lipinski definition) is 5. The maximum atomic E-state index is 13.6. The lowest BCUT2D eigenvalue weighted by atomic mass is 9.74. The highest BCUT2D eigenvalue weighted by Crippen LogP contribution is 2.44. The second kappa shape index (κ2) is 9.20. The summed E-state index contributed by atoms with van der Waals surface area (Å²) in [5, 5.41) is 3.27. The molecule has 1 saturated carbocycles.